The van der Waals surface area contributed by atoms with Gasteiger partial charge in [-0.1, -0.05) is 0 Å². The van der Waals surface area contributed by atoms with E-state index in [2.05, 4.69) is 4.74 Å². The summed E-state index contributed by atoms with van der Waals surface area (Å²) >= 11 is 0. The first-order chi connectivity index (χ1) is 4.54. The molecule has 0 rings (SSSR count). The molecule has 0 atom stereocenters. The number of hydrogen-bond acceptors (Lipinski definition) is 3. The van der Waals surface area contributed by atoms with E-state index in [0.29, 0.717) is 0 Å². The molecule has 0 amide bonds. The lowest BCUT2D eigenvalue weighted by Crippen LogP contribution is -2.34. The van der Waals surface area contributed by atoms with Crippen LogP contribution < -0.4 is 0 Å². The van der Waals surface area contributed by atoms with Gasteiger partial charge in [0, 0.05) is 7.11 Å². The molecule has 3 heteroatoms. The van der Waals surface area contributed by atoms with Gasteiger partial charge in [0.15, 0.2) is 5.60 Å². The summed E-state index contributed by atoms with van der Waals surface area (Å²) in [6.07, 6.45) is 0. The third-order valence-corrected chi connectivity index (χ3v) is 1.23. The Labute approximate surface area is 61.3 Å². The Balaban J connectivity index is 3.91. The fraction of sp³-hybridized carbons (Fsp3) is 0.714. The molecule has 0 fully saturated rings. The highest BCUT2D eigenvalue weighted by atomic mass is 16.6. The zero-order chi connectivity index (χ0) is 8.20. The molecule has 0 aliphatic carbocycles. The molecule has 3 nitrogen and oxygen atoms in total. The van der Waals surface area contributed by atoms with Crippen LogP contribution in [0.15, 0.2) is 0 Å². The minimum atomic E-state index is -0.841. The second-order valence-electron chi connectivity index (χ2n) is 2.36. The van der Waals surface area contributed by atoms with Crippen molar-refractivity contribution in [3.8, 4) is 0 Å². The van der Waals surface area contributed by atoms with Crippen LogP contribution in [0.5, 0.6) is 0 Å². The molecular formula is C7H13O3. The second kappa shape index (κ2) is 3.56. The van der Waals surface area contributed by atoms with Gasteiger partial charge in [-0.15, -0.1) is 0 Å². The topological polar surface area (TPSA) is 35.5 Å². The molecule has 0 N–H and O–H groups in total. The lowest BCUT2D eigenvalue weighted by Gasteiger charge is -2.19. The van der Waals surface area contributed by atoms with Crippen LogP contribution in [0.3, 0.4) is 0 Å². The standard InChI is InChI=1S/C7H13O3/c1-5-10-6(8)7(2,3)9-4/h5H,1-4H3. The molecule has 0 aromatic heterocycles. The van der Waals surface area contributed by atoms with Crippen LogP contribution in [0.25, 0.3) is 0 Å². The largest absolute Gasteiger partial charge is 0.457 e. The first-order valence-electron chi connectivity index (χ1n) is 3.08. The highest BCUT2D eigenvalue weighted by Gasteiger charge is 2.28. The molecular weight excluding hydrogens is 132 g/mol. The average Bonchev–Trinajstić information content (AvgIpc) is 1.89. The van der Waals surface area contributed by atoms with Crippen molar-refractivity contribution in [3.05, 3.63) is 6.61 Å². The third-order valence-electron chi connectivity index (χ3n) is 1.23. The van der Waals surface area contributed by atoms with Gasteiger partial charge in [0.2, 0.25) is 0 Å². The molecule has 0 saturated heterocycles. The van der Waals surface area contributed by atoms with Gasteiger partial charge in [-0.25, -0.2) is 4.79 Å². The summed E-state index contributed by atoms with van der Waals surface area (Å²) in [6, 6.07) is 0. The monoisotopic (exact) mass is 145 g/mol. The molecule has 0 saturated carbocycles. The normalized spacial score (nSPS) is 11.2. The van der Waals surface area contributed by atoms with Gasteiger partial charge in [-0.2, -0.15) is 0 Å². The maximum Gasteiger partial charge on any atom is 0.338 e. The lowest BCUT2D eigenvalue weighted by atomic mass is 10.1. The van der Waals surface area contributed by atoms with Gasteiger partial charge in [-0.3, -0.25) is 0 Å². The number of carbonyl (C=O) groups is 1. The van der Waals surface area contributed by atoms with E-state index in [1.807, 2.05) is 0 Å². The molecule has 0 aromatic carbocycles. The van der Waals surface area contributed by atoms with Crippen molar-refractivity contribution in [3.63, 3.8) is 0 Å². The summed E-state index contributed by atoms with van der Waals surface area (Å²) in [4.78, 5) is 10.9. The summed E-state index contributed by atoms with van der Waals surface area (Å²) < 4.78 is 9.47. The number of esters is 1. The quantitative estimate of drug-likeness (QED) is 0.558. The van der Waals surface area contributed by atoms with E-state index in [0.717, 1.165) is 0 Å². The van der Waals surface area contributed by atoms with E-state index >= 15 is 0 Å². The molecule has 0 unspecified atom stereocenters. The van der Waals surface area contributed by atoms with Crippen LogP contribution in [-0.4, -0.2) is 18.7 Å². The van der Waals surface area contributed by atoms with Gasteiger partial charge >= 0.3 is 5.97 Å². The molecule has 0 aliphatic rings. The van der Waals surface area contributed by atoms with Crippen LogP contribution in [0, 0.1) is 6.61 Å². The molecule has 0 spiro atoms. The number of carbonyl (C=O) groups excluding carboxylic acids is 1. The highest BCUT2D eigenvalue weighted by molar-refractivity contribution is 5.78. The Morgan fingerprint density at radius 3 is 2.30 bits per heavy atom. The van der Waals surface area contributed by atoms with Crippen LogP contribution in [-0.2, 0) is 14.3 Å². The first kappa shape index (κ1) is 9.43. The maximum atomic E-state index is 10.9. The van der Waals surface area contributed by atoms with E-state index in [-0.39, 0.29) is 5.97 Å². The Morgan fingerprint density at radius 1 is 1.50 bits per heavy atom. The Morgan fingerprint density at radius 2 is 2.00 bits per heavy atom. The van der Waals surface area contributed by atoms with Crippen molar-refractivity contribution in [2.24, 2.45) is 0 Å². The van der Waals surface area contributed by atoms with Crippen LogP contribution in [0.2, 0.25) is 0 Å². The molecule has 1 radical (unpaired) electrons. The zero-order valence-electron chi connectivity index (χ0n) is 6.80. The van der Waals surface area contributed by atoms with Crippen molar-refractivity contribution >= 4 is 5.97 Å². The highest BCUT2D eigenvalue weighted by Crippen LogP contribution is 2.09. The average molecular weight is 145 g/mol. The second-order valence-corrected chi connectivity index (χ2v) is 2.36. The predicted octanol–water partition coefficient (Wildman–Crippen LogP) is 1.14. The van der Waals surface area contributed by atoms with Crippen molar-refractivity contribution in [2.45, 2.75) is 26.4 Å². The fourth-order valence-electron chi connectivity index (χ4n) is 0.332. The first-order valence-corrected chi connectivity index (χ1v) is 3.08. The molecule has 0 aliphatic heterocycles. The summed E-state index contributed by atoms with van der Waals surface area (Å²) in [5.74, 6) is -0.377. The number of hydrogen-bond donors (Lipinski definition) is 0. The minimum absolute atomic E-state index is 0.377. The summed E-state index contributed by atoms with van der Waals surface area (Å²) in [5, 5.41) is 0. The molecule has 0 heterocycles. The number of ether oxygens (including phenoxy) is 2. The van der Waals surface area contributed by atoms with Crippen molar-refractivity contribution in [2.75, 3.05) is 7.11 Å². The summed E-state index contributed by atoms with van der Waals surface area (Å²) in [7, 11) is 1.47. The van der Waals surface area contributed by atoms with Gasteiger partial charge in [-0.05, 0) is 20.8 Å². The molecule has 0 aromatic rings. The maximum absolute atomic E-state index is 10.9. The van der Waals surface area contributed by atoms with E-state index in [1.54, 1.807) is 20.8 Å². The smallest absolute Gasteiger partial charge is 0.338 e. The zero-order valence-corrected chi connectivity index (χ0v) is 6.80. The van der Waals surface area contributed by atoms with Gasteiger partial charge in [0.1, 0.15) is 6.61 Å². The van der Waals surface area contributed by atoms with E-state index in [9.17, 15) is 4.79 Å². The van der Waals surface area contributed by atoms with Gasteiger partial charge in [0.05, 0.1) is 0 Å². The Kier molecular flexibility index (Phi) is 3.36. The van der Waals surface area contributed by atoms with Gasteiger partial charge < -0.3 is 9.47 Å². The predicted molar refractivity (Wildman–Crippen MR) is 37.2 cm³/mol. The number of rotatable bonds is 3. The molecule has 0 bridgehead atoms. The van der Waals surface area contributed by atoms with Crippen LogP contribution in [0.4, 0.5) is 0 Å². The summed E-state index contributed by atoms with van der Waals surface area (Å²) in [6.45, 7) is 6.28. The van der Waals surface area contributed by atoms with E-state index in [1.165, 1.54) is 13.7 Å². The minimum Gasteiger partial charge on any atom is -0.457 e. The van der Waals surface area contributed by atoms with E-state index < -0.39 is 5.60 Å². The van der Waals surface area contributed by atoms with Gasteiger partial charge in [0.25, 0.3) is 0 Å². The Bertz CT molecular complexity index is 118. The van der Waals surface area contributed by atoms with E-state index in [4.69, 9.17) is 4.74 Å². The van der Waals surface area contributed by atoms with Crippen molar-refractivity contribution in [1.29, 1.82) is 0 Å². The van der Waals surface area contributed by atoms with Crippen LogP contribution in [0.1, 0.15) is 20.8 Å². The fourth-order valence-corrected chi connectivity index (χ4v) is 0.332. The SMILES string of the molecule is C[CH]OC(=O)C(C)(C)OC. The molecule has 59 valence electrons. The van der Waals surface area contributed by atoms with Crippen molar-refractivity contribution in [1.82, 2.24) is 0 Å². The number of methoxy groups -OCH3 is 1. The summed E-state index contributed by atoms with van der Waals surface area (Å²) in [5.41, 5.74) is -0.841. The van der Waals surface area contributed by atoms with Crippen molar-refractivity contribution < 1.29 is 14.3 Å². The lowest BCUT2D eigenvalue weighted by molar-refractivity contribution is -0.161. The van der Waals surface area contributed by atoms with Crippen LogP contribution >= 0.6 is 0 Å². The third kappa shape index (κ3) is 2.35. The molecule has 10 heavy (non-hydrogen) atoms. The Hall–Kier alpha value is -0.570.